The summed E-state index contributed by atoms with van der Waals surface area (Å²) in [6.45, 7) is 2.85. The summed E-state index contributed by atoms with van der Waals surface area (Å²) in [5.74, 6) is 1.59. The fraction of sp³-hybridized carbons (Fsp3) is 0.182. The van der Waals surface area contributed by atoms with Gasteiger partial charge in [-0.2, -0.15) is 4.37 Å². The SMILES string of the molecule is Cc1snc2c1CNc1ccccc1O2. The molecule has 4 heteroatoms. The summed E-state index contributed by atoms with van der Waals surface area (Å²) in [6.07, 6.45) is 0. The molecular formula is C11H10N2OS. The zero-order valence-electron chi connectivity index (χ0n) is 8.28. The molecule has 0 amide bonds. The molecule has 1 aromatic carbocycles. The summed E-state index contributed by atoms with van der Waals surface area (Å²) >= 11 is 1.49. The Kier molecular flexibility index (Phi) is 1.89. The Hall–Kier alpha value is -1.55. The van der Waals surface area contributed by atoms with Crippen LogP contribution in [0.5, 0.6) is 11.6 Å². The van der Waals surface area contributed by atoms with Gasteiger partial charge in [0.25, 0.3) is 0 Å². The van der Waals surface area contributed by atoms with Crippen LogP contribution < -0.4 is 10.1 Å². The average molecular weight is 218 g/mol. The fourth-order valence-electron chi connectivity index (χ4n) is 1.64. The maximum Gasteiger partial charge on any atom is 0.236 e. The summed E-state index contributed by atoms with van der Waals surface area (Å²) in [5, 5.41) is 3.35. The number of nitrogens with zero attached hydrogens (tertiary/aromatic N) is 1. The van der Waals surface area contributed by atoms with Crippen LogP contribution in [0, 0.1) is 6.92 Å². The van der Waals surface area contributed by atoms with E-state index >= 15 is 0 Å². The van der Waals surface area contributed by atoms with Crippen molar-refractivity contribution in [3.8, 4) is 11.6 Å². The van der Waals surface area contributed by atoms with Gasteiger partial charge in [0.1, 0.15) is 0 Å². The summed E-state index contributed by atoms with van der Waals surface area (Å²) in [7, 11) is 0. The van der Waals surface area contributed by atoms with Crippen molar-refractivity contribution in [2.75, 3.05) is 5.32 Å². The summed E-state index contributed by atoms with van der Waals surface area (Å²) < 4.78 is 10.1. The van der Waals surface area contributed by atoms with Gasteiger partial charge in [0.2, 0.25) is 5.88 Å². The van der Waals surface area contributed by atoms with E-state index in [2.05, 4.69) is 16.6 Å². The summed E-state index contributed by atoms with van der Waals surface area (Å²) in [5.41, 5.74) is 2.19. The van der Waals surface area contributed by atoms with Crippen LogP contribution in [0.15, 0.2) is 24.3 Å². The van der Waals surface area contributed by atoms with Crippen molar-refractivity contribution in [2.24, 2.45) is 0 Å². The van der Waals surface area contributed by atoms with Crippen molar-refractivity contribution in [2.45, 2.75) is 13.5 Å². The molecule has 76 valence electrons. The van der Waals surface area contributed by atoms with Crippen LogP contribution >= 0.6 is 11.5 Å². The highest BCUT2D eigenvalue weighted by molar-refractivity contribution is 7.06. The van der Waals surface area contributed by atoms with Gasteiger partial charge in [-0.15, -0.1) is 0 Å². The number of aromatic nitrogens is 1. The van der Waals surface area contributed by atoms with Crippen molar-refractivity contribution < 1.29 is 4.74 Å². The Labute approximate surface area is 91.9 Å². The van der Waals surface area contributed by atoms with Crippen LogP contribution in [-0.4, -0.2) is 4.37 Å². The average Bonchev–Trinajstić information content (AvgIpc) is 2.51. The van der Waals surface area contributed by atoms with Crippen LogP contribution in [0.4, 0.5) is 5.69 Å². The second-order valence-electron chi connectivity index (χ2n) is 3.47. The predicted molar refractivity (Wildman–Crippen MR) is 60.7 cm³/mol. The number of para-hydroxylation sites is 2. The Morgan fingerprint density at radius 1 is 1.40 bits per heavy atom. The number of aryl methyl sites for hydroxylation is 1. The lowest BCUT2D eigenvalue weighted by atomic mass is 10.2. The molecule has 0 radical (unpaired) electrons. The highest BCUT2D eigenvalue weighted by Gasteiger charge is 2.18. The Bertz CT molecular complexity index is 507. The number of nitrogens with one attached hydrogen (secondary N) is 1. The van der Waals surface area contributed by atoms with E-state index < -0.39 is 0 Å². The molecule has 1 aromatic heterocycles. The molecule has 3 nitrogen and oxygen atoms in total. The third-order valence-electron chi connectivity index (χ3n) is 2.50. The summed E-state index contributed by atoms with van der Waals surface area (Å²) in [6, 6.07) is 7.92. The first-order chi connectivity index (χ1) is 7.34. The number of hydrogen-bond acceptors (Lipinski definition) is 4. The van der Waals surface area contributed by atoms with E-state index in [9.17, 15) is 0 Å². The molecule has 2 heterocycles. The molecule has 0 saturated heterocycles. The molecule has 1 aliphatic rings. The van der Waals surface area contributed by atoms with E-state index in [1.54, 1.807) is 0 Å². The van der Waals surface area contributed by atoms with Gasteiger partial charge < -0.3 is 10.1 Å². The van der Waals surface area contributed by atoms with Crippen LogP contribution in [-0.2, 0) is 6.54 Å². The first kappa shape index (κ1) is 8.73. The second kappa shape index (κ2) is 3.24. The van der Waals surface area contributed by atoms with E-state index in [1.807, 2.05) is 24.3 Å². The van der Waals surface area contributed by atoms with E-state index in [0.29, 0.717) is 0 Å². The molecule has 15 heavy (non-hydrogen) atoms. The molecule has 0 aliphatic carbocycles. The molecule has 0 unspecified atom stereocenters. The van der Waals surface area contributed by atoms with Crippen LogP contribution in [0.3, 0.4) is 0 Å². The standard InChI is InChI=1S/C11H10N2OS/c1-7-8-6-12-9-4-2-3-5-10(9)14-11(8)13-15-7/h2-5,12H,6H2,1H3. The van der Waals surface area contributed by atoms with Crippen LogP contribution in [0.25, 0.3) is 0 Å². The third-order valence-corrected chi connectivity index (χ3v) is 3.28. The lowest BCUT2D eigenvalue weighted by molar-refractivity contribution is 0.469. The zero-order chi connectivity index (χ0) is 10.3. The quantitative estimate of drug-likeness (QED) is 0.737. The lowest BCUT2D eigenvalue weighted by Gasteiger charge is -2.05. The number of ether oxygens (including phenoxy) is 1. The van der Waals surface area contributed by atoms with E-state index in [1.165, 1.54) is 16.4 Å². The molecule has 2 aromatic rings. The smallest absolute Gasteiger partial charge is 0.236 e. The van der Waals surface area contributed by atoms with Gasteiger partial charge in [0.05, 0.1) is 5.69 Å². The van der Waals surface area contributed by atoms with Gasteiger partial charge in [-0.25, -0.2) is 0 Å². The molecule has 1 N–H and O–H groups in total. The molecule has 0 spiro atoms. The molecule has 0 bridgehead atoms. The van der Waals surface area contributed by atoms with E-state index in [4.69, 9.17) is 4.74 Å². The van der Waals surface area contributed by atoms with Gasteiger partial charge in [-0.3, -0.25) is 0 Å². The highest BCUT2D eigenvalue weighted by Crippen LogP contribution is 2.36. The minimum absolute atomic E-state index is 0.745. The predicted octanol–water partition coefficient (Wildman–Crippen LogP) is 3.17. The van der Waals surface area contributed by atoms with Gasteiger partial charge >= 0.3 is 0 Å². The Balaban J connectivity index is 2.10. The zero-order valence-corrected chi connectivity index (χ0v) is 9.10. The van der Waals surface area contributed by atoms with Gasteiger partial charge in [0, 0.05) is 17.0 Å². The van der Waals surface area contributed by atoms with Crippen molar-refractivity contribution in [3.63, 3.8) is 0 Å². The van der Waals surface area contributed by atoms with E-state index in [-0.39, 0.29) is 0 Å². The Morgan fingerprint density at radius 2 is 2.27 bits per heavy atom. The fourth-order valence-corrected chi connectivity index (χ4v) is 2.28. The van der Waals surface area contributed by atoms with Crippen molar-refractivity contribution in [1.29, 1.82) is 0 Å². The normalized spacial score (nSPS) is 13.1. The summed E-state index contributed by atoms with van der Waals surface area (Å²) in [4.78, 5) is 1.21. The van der Waals surface area contributed by atoms with Gasteiger partial charge in [-0.1, -0.05) is 12.1 Å². The monoisotopic (exact) mass is 218 g/mol. The number of fused-ring (bicyclic) bond motifs is 2. The second-order valence-corrected chi connectivity index (χ2v) is 4.45. The van der Waals surface area contributed by atoms with Crippen molar-refractivity contribution in [3.05, 3.63) is 34.7 Å². The van der Waals surface area contributed by atoms with Gasteiger partial charge in [-0.05, 0) is 30.6 Å². The maximum absolute atomic E-state index is 5.76. The number of rotatable bonds is 0. The Morgan fingerprint density at radius 3 is 3.20 bits per heavy atom. The maximum atomic E-state index is 5.76. The molecule has 3 rings (SSSR count). The minimum Gasteiger partial charge on any atom is -0.436 e. The molecule has 0 atom stereocenters. The van der Waals surface area contributed by atoms with E-state index in [0.717, 1.165) is 29.4 Å². The highest BCUT2D eigenvalue weighted by atomic mass is 32.1. The lowest BCUT2D eigenvalue weighted by Crippen LogP contribution is -1.96. The molecule has 0 fully saturated rings. The molecular weight excluding hydrogens is 208 g/mol. The third kappa shape index (κ3) is 1.37. The van der Waals surface area contributed by atoms with Crippen molar-refractivity contribution >= 4 is 17.2 Å². The van der Waals surface area contributed by atoms with Crippen LogP contribution in [0.2, 0.25) is 0 Å². The first-order valence-corrected chi connectivity index (χ1v) is 5.58. The first-order valence-electron chi connectivity index (χ1n) is 4.80. The topological polar surface area (TPSA) is 34.2 Å². The van der Waals surface area contributed by atoms with Gasteiger partial charge in [0.15, 0.2) is 5.75 Å². The molecule has 0 saturated carbocycles. The van der Waals surface area contributed by atoms with Crippen molar-refractivity contribution in [1.82, 2.24) is 4.37 Å². The number of anilines is 1. The minimum atomic E-state index is 0.745. The number of hydrogen-bond donors (Lipinski definition) is 1. The van der Waals surface area contributed by atoms with Crippen LogP contribution in [0.1, 0.15) is 10.4 Å². The largest absolute Gasteiger partial charge is 0.436 e. The molecule has 1 aliphatic heterocycles. The number of benzene rings is 1.